The number of aliphatic hydroxyl groups excluding tert-OH is 1. The van der Waals surface area contributed by atoms with E-state index in [9.17, 15) is 4.79 Å². The molecule has 0 radical (unpaired) electrons. The molecule has 0 aliphatic heterocycles. The van der Waals surface area contributed by atoms with E-state index in [-0.39, 0.29) is 24.0 Å². The SMILES string of the molecule is CC(C)C(CCO)NC(=O)C1(CN)CCCC1. The summed E-state index contributed by atoms with van der Waals surface area (Å²) in [5.41, 5.74) is 5.44. The van der Waals surface area contributed by atoms with Crippen molar-refractivity contribution < 1.29 is 9.90 Å². The van der Waals surface area contributed by atoms with Crippen LogP contribution in [0, 0.1) is 11.3 Å². The van der Waals surface area contributed by atoms with Gasteiger partial charge in [-0.25, -0.2) is 0 Å². The number of amides is 1. The number of aliphatic hydroxyl groups is 1. The second kappa shape index (κ2) is 6.36. The fraction of sp³-hybridized carbons (Fsp3) is 0.923. The lowest BCUT2D eigenvalue weighted by atomic mass is 9.84. The molecule has 17 heavy (non-hydrogen) atoms. The lowest BCUT2D eigenvalue weighted by molar-refractivity contribution is -0.131. The molecule has 0 saturated heterocycles. The Morgan fingerprint density at radius 1 is 1.41 bits per heavy atom. The third kappa shape index (κ3) is 3.42. The van der Waals surface area contributed by atoms with Gasteiger partial charge in [0, 0.05) is 19.2 Å². The van der Waals surface area contributed by atoms with E-state index in [1.54, 1.807) is 0 Å². The molecule has 100 valence electrons. The van der Waals surface area contributed by atoms with E-state index < -0.39 is 0 Å². The third-order valence-electron chi connectivity index (χ3n) is 3.99. The molecule has 1 aliphatic carbocycles. The standard InChI is InChI=1S/C13H26N2O2/c1-10(2)11(5-8-16)15-12(17)13(9-14)6-3-4-7-13/h10-11,16H,3-9,14H2,1-2H3,(H,15,17). The normalized spacial score (nSPS) is 20.5. The van der Waals surface area contributed by atoms with E-state index in [1.807, 2.05) is 0 Å². The molecule has 0 aromatic carbocycles. The van der Waals surface area contributed by atoms with E-state index in [0.29, 0.717) is 18.9 Å². The van der Waals surface area contributed by atoms with E-state index in [4.69, 9.17) is 10.8 Å². The van der Waals surface area contributed by atoms with Crippen molar-refractivity contribution in [3.05, 3.63) is 0 Å². The summed E-state index contributed by atoms with van der Waals surface area (Å²) in [7, 11) is 0. The van der Waals surface area contributed by atoms with Crippen LogP contribution in [0.5, 0.6) is 0 Å². The topological polar surface area (TPSA) is 75.3 Å². The first-order chi connectivity index (χ1) is 8.05. The summed E-state index contributed by atoms with van der Waals surface area (Å²) < 4.78 is 0. The van der Waals surface area contributed by atoms with Crippen molar-refractivity contribution in [1.29, 1.82) is 0 Å². The predicted molar refractivity (Wildman–Crippen MR) is 68.4 cm³/mol. The van der Waals surface area contributed by atoms with Crippen molar-refractivity contribution in [1.82, 2.24) is 5.32 Å². The molecule has 1 aliphatic rings. The smallest absolute Gasteiger partial charge is 0.227 e. The van der Waals surface area contributed by atoms with Gasteiger partial charge >= 0.3 is 0 Å². The maximum atomic E-state index is 12.3. The number of nitrogens with one attached hydrogen (secondary N) is 1. The second-order valence-corrected chi connectivity index (χ2v) is 5.53. The molecule has 1 atom stereocenters. The molecule has 0 aromatic heterocycles. The van der Waals surface area contributed by atoms with Gasteiger partial charge in [0.05, 0.1) is 5.41 Å². The average molecular weight is 242 g/mol. The highest BCUT2D eigenvalue weighted by molar-refractivity contribution is 5.83. The maximum absolute atomic E-state index is 12.3. The summed E-state index contributed by atoms with van der Waals surface area (Å²) in [5, 5.41) is 12.1. The molecule has 1 saturated carbocycles. The van der Waals surface area contributed by atoms with Gasteiger partial charge in [0.1, 0.15) is 0 Å². The average Bonchev–Trinajstić information content (AvgIpc) is 2.78. The van der Waals surface area contributed by atoms with Crippen LogP contribution in [0.15, 0.2) is 0 Å². The highest BCUT2D eigenvalue weighted by Gasteiger charge is 2.40. The lowest BCUT2D eigenvalue weighted by Crippen LogP contribution is -2.49. The van der Waals surface area contributed by atoms with Gasteiger partial charge in [0.25, 0.3) is 0 Å². The molecule has 4 nitrogen and oxygen atoms in total. The Balaban J connectivity index is 2.62. The van der Waals surface area contributed by atoms with E-state index >= 15 is 0 Å². The first kappa shape index (κ1) is 14.5. The molecule has 4 heteroatoms. The van der Waals surface area contributed by atoms with Crippen LogP contribution in [-0.4, -0.2) is 30.2 Å². The molecule has 0 heterocycles. The molecule has 0 bridgehead atoms. The fourth-order valence-corrected chi connectivity index (χ4v) is 2.61. The Hall–Kier alpha value is -0.610. The molecule has 1 fully saturated rings. The number of hydrogen-bond acceptors (Lipinski definition) is 3. The van der Waals surface area contributed by atoms with Gasteiger partial charge < -0.3 is 16.2 Å². The third-order valence-corrected chi connectivity index (χ3v) is 3.99. The van der Waals surface area contributed by atoms with Crippen molar-refractivity contribution in [2.45, 2.75) is 52.0 Å². The van der Waals surface area contributed by atoms with Crippen LogP contribution in [-0.2, 0) is 4.79 Å². The van der Waals surface area contributed by atoms with Crippen LogP contribution in [0.4, 0.5) is 0 Å². The van der Waals surface area contributed by atoms with Gasteiger partial charge in [-0.3, -0.25) is 4.79 Å². The first-order valence-corrected chi connectivity index (χ1v) is 6.67. The summed E-state index contributed by atoms with van der Waals surface area (Å²) in [6.07, 6.45) is 4.61. The summed E-state index contributed by atoms with van der Waals surface area (Å²) in [5.74, 6) is 0.423. The summed E-state index contributed by atoms with van der Waals surface area (Å²) in [6, 6.07) is 0.0523. The maximum Gasteiger partial charge on any atom is 0.227 e. The zero-order valence-electron chi connectivity index (χ0n) is 11.0. The van der Waals surface area contributed by atoms with Gasteiger partial charge in [-0.2, -0.15) is 0 Å². The van der Waals surface area contributed by atoms with Crippen LogP contribution in [0.1, 0.15) is 46.0 Å². The number of carbonyl (C=O) groups is 1. The molecular formula is C13H26N2O2. The Morgan fingerprint density at radius 2 is 2.00 bits per heavy atom. The zero-order chi connectivity index (χ0) is 12.9. The van der Waals surface area contributed by atoms with Gasteiger partial charge in [0.15, 0.2) is 0 Å². The monoisotopic (exact) mass is 242 g/mol. The number of carbonyl (C=O) groups excluding carboxylic acids is 1. The number of rotatable bonds is 6. The second-order valence-electron chi connectivity index (χ2n) is 5.53. The summed E-state index contributed by atoms with van der Waals surface area (Å²) >= 11 is 0. The van der Waals surface area contributed by atoms with Gasteiger partial charge in [0.2, 0.25) is 5.91 Å². The molecular weight excluding hydrogens is 216 g/mol. The van der Waals surface area contributed by atoms with Gasteiger partial charge in [-0.05, 0) is 25.2 Å². The number of nitrogens with two attached hydrogens (primary N) is 1. The minimum Gasteiger partial charge on any atom is -0.396 e. The predicted octanol–water partition coefficient (Wildman–Crippen LogP) is 1.03. The molecule has 1 amide bonds. The highest BCUT2D eigenvalue weighted by atomic mass is 16.3. The Labute approximate surface area is 104 Å². The van der Waals surface area contributed by atoms with Crippen molar-refractivity contribution in [2.75, 3.05) is 13.2 Å². The Bertz CT molecular complexity index is 248. The van der Waals surface area contributed by atoms with Crippen LogP contribution in [0.2, 0.25) is 0 Å². The molecule has 1 unspecified atom stereocenters. The van der Waals surface area contributed by atoms with Crippen LogP contribution < -0.4 is 11.1 Å². The van der Waals surface area contributed by atoms with E-state index in [0.717, 1.165) is 25.7 Å². The quantitative estimate of drug-likeness (QED) is 0.651. The molecule has 4 N–H and O–H groups in total. The molecule has 0 spiro atoms. The largest absolute Gasteiger partial charge is 0.396 e. The Kier molecular flexibility index (Phi) is 5.40. The zero-order valence-corrected chi connectivity index (χ0v) is 11.0. The Morgan fingerprint density at radius 3 is 2.41 bits per heavy atom. The first-order valence-electron chi connectivity index (χ1n) is 6.67. The minimum absolute atomic E-state index is 0.0523. The molecule has 0 aromatic rings. The van der Waals surface area contributed by atoms with Crippen molar-refractivity contribution in [3.8, 4) is 0 Å². The minimum atomic E-state index is -0.345. The van der Waals surface area contributed by atoms with E-state index in [1.165, 1.54) is 0 Å². The fourth-order valence-electron chi connectivity index (χ4n) is 2.61. The van der Waals surface area contributed by atoms with Crippen LogP contribution in [0.25, 0.3) is 0 Å². The van der Waals surface area contributed by atoms with Crippen LogP contribution in [0.3, 0.4) is 0 Å². The summed E-state index contributed by atoms with van der Waals surface area (Å²) in [6.45, 7) is 4.66. The van der Waals surface area contributed by atoms with E-state index in [2.05, 4.69) is 19.2 Å². The van der Waals surface area contributed by atoms with Gasteiger partial charge in [-0.15, -0.1) is 0 Å². The number of hydrogen-bond donors (Lipinski definition) is 3. The highest BCUT2D eigenvalue weighted by Crippen LogP contribution is 2.37. The molecule has 1 rings (SSSR count). The van der Waals surface area contributed by atoms with Gasteiger partial charge in [-0.1, -0.05) is 26.7 Å². The van der Waals surface area contributed by atoms with Crippen molar-refractivity contribution >= 4 is 5.91 Å². The van der Waals surface area contributed by atoms with Crippen molar-refractivity contribution in [3.63, 3.8) is 0 Å². The van der Waals surface area contributed by atoms with Crippen LogP contribution >= 0.6 is 0 Å². The van der Waals surface area contributed by atoms with Crippen molar-refractivity contribution in [2.24, 2.45) is 17.1 Å². The lowest BCUT2D eigenvalue weighted by Gasteiger charge is -2.30. The summed E-state index contributed by atoms with van der Waals surface area (Å²) in [4.78, 5) is 12.3.